The molecule has 0 radical (unpaired) electrons. The first kappa shape index (κ1) is 11.9. The zero-order valence-electron chi connectivity index (χ0n) is 10.4. The highest BCUT2D eigenvalue weighted by molar-refractivity contribution is 5.93. The Hall–Kier alpha value is -1.54. The third kappa shape index (κ3) is 2.77. The molecule has 2 aromatic rings. The van der Waals surface area contributed by atoms with Gasteiger partial charge in [-0.05, 0) is 17.4 Å². The lowest BCUT2D eigenvalue weighted by Crippen LogP contribution is -2.24. The largest absolute Gasteiger partial charge is 0.391 e. The summed E-state index contributed by atoms with van der Waals surface area (Å²) in [6.45, 7) is 4.64. The van der Waals surface area contributed by atoms with Crippen molar-refractivity contribution in [2.24, 2.45) is 5.92 Å². The second-order valence-electron chi connectivity index (χ2n) is 4.72. The minimum absolute atomic E-state index is 0.275. The SMILES string of the molecule is CC(C)C(O)CNc1cccc2ccccc12. The summed E-state index contributed by atoms with van der Waals surface area (Å²) in [5, 5.41) is 15.5. The van der Waals surface area contributed by atoms with E-state index in [9.17, 15) is 5.11 Å². The Morgan fingerprint density at radius 3 is 2.53 bits per heavy atom. The molecule has 0 heterocycles. The summed E-state index contributed by atoms with van der Waals surface area (Å²) in [6, 6.07) is 14.4. The smallest absolute Gasteiger partial charge is 0.0735 e. The van der Waals surface area contributed by atoms with E-state index in [2.05, 4.69) is 29.6 Å². The predicted octanol–water partition coefficient (Wildman–Crippen LogP) is 3.27. The molecule has 17 heavy (non-hydrogen) atoms. The van der Waals surface area contributed by atoms with E-state index >= 15 is 0 Å². The van der Waals surface area contributed by atoms with Crippen LogP contribution in [0.25, 0.3) is 10.8 Å². The molecule has 2 nitrogen and oxygen atoms in total. The number of nitrogens with one attached hydrogen (secondary N) is 1. The van der Waals surface area contributed by atoms with Crippen LogP contribution in [0.15, 0.2) is 42.5 Å². The molecule has 0 saturated heterocycles. The van der Waals surface area contributed by atoms with Gasteiger partial charge in [0.1, 0.15) is 0 Å². The van der Waals surface area contributed by atoms with Crippen LogP contribution in [0.4, 0.5) is 5.69 Å². The van der Waals surface area contributed by atoms with E-state index in [1.165, 1.54) is 10.8 Å². The van der Waals surface area contributed by atoms with Gasteiger partial charge in [0.15, 0.2) is 0 Å². The van der Waals surface area contributed by atoms with E-state index in [0.29, 0.717) is 6.54 Å². The molecule has 1 unspecified atom stereocenters. The molecule has 0 aromatic heterocycles. The summed E-state index contributed by atoms with van der Waals surface area (Å²) in [5.74, 6) is 0.275. The lowest BCUT2D eigenvalue weighted by Gasteiger charge is -2.17. The third-order valence-corrected chi connectivity index (χ3v) is 3.06. The van der Waals surface area contributed by atoms with E-state index in [-0.39, 0.29) is 12.0 Å². The second kappa shape index (κ2) is 5.19. The first-order chi connectivity index (χ1) is 8.18. The second-order valence-corrected chi connectivity index (χ2v) is 4.72. The van der Waals surface area contributed by atoms with Crippen molar-refractivity contribution in [2.45, 2.75) is 20.0 Å². The number of anilines is 1. The van der Waals surface area contributed by atoms with Crippen LogP contribution >= 0.6 is 0 Å². The average molecular weight is 229 g/mol. The van der Waals surface area contributed by atoms with Crippen LogP contribution < -0.4 is 5.32 Å². The summed E-state index contributed by atoms with van der Waals surface area (Å²) in [4.78, 5) is 0. The predicted molar refractivity (Wildman–Crippen MR) is 73.3 cm³/mol. The van der Waals surface area contributed by atoms with Gasteiger partial charge in [-0.25, -0.2) is 0 Å². The average Bonchev–Trinajstić information content (AvgIpc) is 2.35. The Labute approximate surface area is 102 Å². The molecular weight excluding hydrogens is 210 g/mol. The third-order valence-electron chi connectivity index (χ3n) is 3.06. The fraction of sp³-hybridized carbons (Fsp3) is 0.333. The van der Waals surface area contributed by atoms with Gasteiger partial charge < -0.3 is 10.4 Å². The van der Waals surface area contributed by atoms with E-state index in [0.717, 1.165) is 5.69 Å². The minimum atomic E-state index is -0.311. The van der Waals surface area contributed by atoms with Gasteiger partial charge in [-0.15, -0.1) is 0 Å². The van der Waals surface area contributed by atoms with Crippen molar-refractivity contribution in [2.75, 3.05) is 11.9 Å². The normalized spacial score (nSPS) is 12.9. The van der Waals surface area contributed by atoms with E-state index < -0.39 is 0 Å². The quantitative estimate of drug-likeness (QED) is 0.843. The Balaban J connectivity index is 2.19. The van der Waals surface area contributed by atoms with Crippen molar-refractivity contribution in [1.29, 1.82) is 0 Å². The summed E-state index contributed by atoms with van der Waals surface area (Å²) < 4.78 is 0. The van der Waals surface area contributed by atoms with Crippen molar-refractivity contribution in [1.82, 2.24) is 0 Å². The van der Waals surface area contributed by atoms with Gasteiger partial charge >= 0.3 is 0 Å². The van der Waals surface area contributed by atoms with Crippen molar-refractivity contribution in [3.8, 4) is 0 Å². The van der Waals surface area contributed by atoms with Crippen LogP contribution in [-0.4, -0.2) is 17.8 Å². The van der Waals surface area contributed by atoms with Gasteiger partial charge in [0.05, 0.1) is 6.10 Å². The van der Waals surface area contributed by atoms with Crippen molar-refractivity contribution >= 4 is 16.5 Å². The molecule has 2 N–H and O–H groups in total. The zero-order valence-corrected chi connectivity index (χ0v) is 10.4. The summed E-state index contributed by atoms with van der Waals surface area (Å²) >= 11 is 0. The molecule has 2 heteroatoms. The van der Waals surface area contributed by atoms with Crippen molar-refractivity contribution in [3.63, 3.8) is 0 Å². The van der Waals surface area contributed by atoms with Crippen LogP contribution in [-0.2, 0) is 0 Å². The molecule has 90 valence electrons. The monoisotopic (exact) mass is 229 g/mol. The Bertz CT molecular complexity index is 488. The highest BCUT2D eigenvalue weighted by atomic mass is 16.3. The summed E-state index contributed by atoms with van der Waals surface area (Å²) in [7, 11) is 0. The summed E-state index contributed by atoms with van der Waals surface area (Å²) in [6.07, 6.45) is -0.311. The first-order valence-corrected chi connectivity index (χ1v) is 6.08. The molecular formula is C15H19NO. The van der Waals surface area contributed by atoms with Crippen LogP contribution in [0.1, 0.15) is 13.8 Å². The Morgan fingerprint density at radius 2 is 1.76 bits per heavy atom. The van der Waals surface area contributed by atoms with E-state index in [1.54, 1.807) is 0 Å². The molecule has 0 aliphatic heterocycles. The van der Waals surface area contributed by atoms with Gasteiger partial charge in [-0.3, -0.25) is 0 Å². The lowest BCUT2D eigenvalue weighted by atomic mass is 10.1. The maximum Gasteiger partial charge on any atom is 0.0735 e. The maximum atomic E-state index is 9.80. The minimum Gasteiger partial charge on any atom is -0.391 e. The molecule has 0 spiro atoms. The van der Waals surface area contributed by atoms with Crippen LogP contribution in [0.5, 0.6) is 0 Å². The van der Waals surface area contributed by atoms with Gasteiger partial charge in [-0.1, -0.05) is 50.2 Å². The van der Waals surface area contributed by atoms with Gasteiger partial charge in [0, 0.05) is 17.6 Å². The molecule has 0 bridgehead atoms. The maximum absolute atomic E-state index is 9.80. The van der Waals surface area contributed by atoms with Crippen LogP contribution in [0.2, 0.25) is 0 Å². The van der Waals surface area contributed by atoms with Gasteiger partial charge in [0.2, 0.25) is 0 Å². The molecule has 0 fully saturated rings. The lowest BCUT2D eigenvalue weighted by molar-refractivity contribution is 0.138. The highest BCUT2D eigenvalue weighted by Gasteiger charge is 2.09. The summed E-state index contributed by atoms with van der Waals surface area (Å²) in [5.41, 5.74) is 1.09. The number of hydrogen-bond acceptors (Lipinski definition) is 2. The van der Waals surface area contributed by atoms with Gasteiger partial charge in [-0.2, -0.15) is 0 Å². The van der Waals surface area contributed by atoms with E-state index in [4.69, 9.17) is 0 Å². The number of fused-ring (bicyclic) bond motifs is 1. The van der Waals surface area contributed by atoms with Crippen LogP contribution in [0, 0.1) is 5.92 Å². The first-order valence-electron chi connectivity index (χ1n) is 6.08. The highest BCUT2D eigenvalue weighted by Crippen LogP contribution is 2.22. The number of rotatable bonds is 4. The molecule has 0 aliphatic rings. The molecule has 0 amide bonds. The number of benzene rings is 2. The zero-order chi connectivity index (χ0) is 12.3. The molecule has 2 aromatic carbocycles. The standard InChI is InChI=1S/C15H19NO/c1-11(2)15(17)10-16-14-9-5-7-12-6-3-4-8-13(12)14/h3-9,11,15-17H,10H2,1-2H3. The molecule has 0 saturated carbocycles. The van der Waals surface area contributed by atoms with Crippen molar-refractivity contribution < 1.29 is 5.11 Å². The Kier molecular flexibility index (Phi) is 3.64. The Morgan fingerprint density at radius 1 is 1.06 bits per heavy atom. The number of aliphatic hydroxyl groups excluding tert-OH is 1. The van der Waals surface area contributed by atoms with E-state index in [1.807, 2.05) is 32.0 Å². The molecule has 2 rings (SSSR count). The van der Waals surface area contributed by atoms with Gasteiger partial charge in [0.25, 0.3) is 0 Å². The fourth-order valence-corrected chi connectivity index (χ4v) is 1.83. The van der Waals surface area contributed by atoms with Crippen molar-refractivity contribution in [3.05, 3.63) is 42.5 Å². The molecule has 1 atom stereocenters. The number of aliphatic hydroxyl groups is 1. The topological polar surface area (TPSA) is 32.3 Å². The van der Waals surface area contributed by atoms with Crippen LogP contribution in [0.3, 0.4) is 0 Å². The number of hydrogen-bond donors (Lipinski definition) is 2. The fourth-order valence-electron chi connectivity index (χ4n) is 1.83. The molecule has 0 aliphatic carbocycles.